The number of anilines is 1. The van der Waals surface area contributed by atoms with Crippen LogP contribution in [0.15, 0.2) is 24.3 Å². The fourth-order valence-corrected chi connectivity index (χ4v) is 4.77. The quantitative estimate of drug-likeness (QED) is 0.679. The Morgan fingerprint density at radius 2 is 1.89 bits per heavy atom. The third-order valence-corrected chi connectivity index (χ3v) is 5.87. The molecule has 0 bridgehead atoms. The molecule has 142 valence electrons. The van der Waals surface area contributed by atoms with Crippen LogP contribution in [0.3, 0.4) is 0 Å². The minimum atomic E-state index is -0.525. The predicted molar refractivity (Wildman–Crippen MR) is 109 cm³/mol. The maximum Gasteiger partial charge on any atom is 0.257 e. The maximum atomic E-state index is 13.3. The van der Waals surface area contributed by atoms with Crippen molar-refractivity contribution in [2.24, 2.45) is 5.73 Å². The number of halogens is 1. The van der Waals surface area contributed by atoms with Crippen LogP contribution in [0.25, 0.3) is 0 Å². The van der Waals surface area contributed by atoms with Crippen molar-refractivity contribution < 1.29 is 14.0 Å². The van der Waals surface area contributed by atoms with Gasteiger partial charge in [-0.05, 0) is 61.7 Å². The lowest BCUT2D eigenvalue weighted by Crippen LogP contribution is -2.34. The standard InChI is InChI=1S/C19H20FN3O2S2/c20-12-7-5-6-11(10-12)17(25)22-19(26)23-18-15(16(21)24)13-8-3-1-2-4-9-14(13)27-18/h5-7,10H,1-4,8-9H2,(H2,21,24)(H2,22,23,25,26). The molecule has 8 heteroatoms. The van der Waals surface area contributed by atoms with E-state index in [0.29, 0.717) is 10.6 Å². The van der Waals surface area contributed by atoms with Crippen LogP contribution in [-0.4, -0.2) is 16.9 Å². The molecule has 5 nitrogen and oxygen atoms in total. The third kappa shape index (κ3) is 4.70. The minimum absolute atomic E-state index is 0.0426. The van der Waals surface area contributed by atoms with E-state index in [9.17, 15) is 14.0 Å². The van der Waals surface area contributed by atoms with E-state index in [0.717, 1.165) is 48.6 Å². The van der Waals surface area contributed by atoms with Gasteiger partial charge < -0.3 is 11.1 Å². The second-order valence-corrected chi connectivity index (χ2v) is 7.92. The number of primary amides is 1. The second-order valence-electron chi connectivity index (χ2n) is 6.40. The molecule has 0 saturated carbocycles. The Hall–Kier alpha value is -2.32. The molecule has 1 aliphatic carbocycles. The number of carbonyl (C=O) groups excluding carboxylic acids is 2. The lowest BCUT2D eigenvalue weighted by molar-refractivity contribution is 0.0975. The van der Waals surface area contributed by atoms with E-state index in [4.69, 9.17) is 18.0 Å². The van der Waals surface area contributed by atoms with E-state index < -0.39 is 17.6 Å². The Bertz CT molecular complexity index is 895. The van der Waals surface area contributed by atoms with Gasteiger partial charge in [-0.1, -0.05) is 18.9 Å². The van der Waals surface area contributed by atoms with Crippen molar-refractivity contribution in [2.45, 2.75) is 38.5 Å². The highest BCUT2D eigenvalue weighted by Crippen LogP contribution is 2.36. The molecule has 4 N–H and O–H groups in total. The molecule has 3 rings (SSSR count). The minimum Gasteiger partial charge on any atom is -0.365 e. The number of nitrogens with two attached hydrogens (primary N) is 1. The largest absolute Gasteiger partial charge is 0.365 e. The lowest BCUT2D eigenvalue weighted by atomic mass is 9.96. The molecule has 0 spiro atoms. The molecule has 1 heterocycles. The molecule has 2 aromatic rings. The summed E-state index contributed by atoms with van der Waals surface area (Å²) >= 11 is 6.66. The number of hydrogen-bond acceptors (Lipinski definition) is 4. The molecule has 2 amide bonds. The summed E-state index contributed by atoms with van der Waals surface area (Å²) in [6.07, 6.45) is 6.13. The summed E-state index contributed by atoms with van der Waals surface area (Å²) in [5, 5.41) is 6.04. The van der Waals surface area contributed by atoms with E-state index in [1.54, 1.807) is 0 Å². The molecule has 0 atom stereocenters. The first-order chi connectivity index (χ1) is 13.0. The van der Waals surface area contributed by atoms with Gasteiger partial charge in [-0.3, -0.25) is 14.9 Å². The molecule has 1 aliphatic rings. The van der Waals surface area contributed by atoms with Gasteiger partial charge in [0.15, 0.2) is 5.11 Å². The van der Waals surface area contributed by atoms with Gasteiger partial charge in [0.1, 0.15) is 10.8 Å². The Labute approximate surface area is 166 Å². The highest BCUT2D eigenvalue weighted by molar-refractivity contribution is 7.80. The monoisotopic (exact) mass is 405 g/mol. The summed E-state index contributed by atoms with van der Waals surface area (Å²) < 4.78 is 13.3. The number of fused-ring (bicyclic) bond motifs is 1. The molecule has 0 unspecified atom stereocenters. The molecule has 0 aliphatic heterocycles. The smallest absolute Gasteiger partial charge is 0.257 e. The van der Waals surface area contributed by atoms with Gasteiger partial charge in [0, 0.05) is 10.4 Å². The maximum absolute atomic E-state index is 13.3. The van der Waals surface area contributed by atoms with Crippen LogP contribution in [0, 0.1) is 5.82 Å². The lowest BCUT2D eigenvalue weighted by Gasteiger charge is -2.11. The van der Waals surface area contributed by atoms with Gasteiger partial charge in [-0.2, -0.15) is 0 Å². The topological polar surface area (TPSA) is 84.2 Å². The van der Waals surface area contributed by atoms with Crippen molar-refractivity contribution in [3.8, 4) is 0 Å². The summed E-state index contributed by atoms with van der Waals surface area (Å²) in [5.74, 6) is -1.53. The van der Waals surface area contributed by atoms with Gasteiger partial charge in [-0.25, -0.2) is 4.39 Å². The molecule has 0 radical (unpaired) electrons. The second kappa shape index (κ2) is 8.58. The van der Waals surface area contributed by atoms with Crippen molar-refractivity contribution in [3.05, 3.63) is 51.7 Å². The predicted octanol–water partition coefficient (Wildman–Crippen LogP) is 3.77. The first-order valence-electron chi connectivity index (χ1n) is 8.78. The molecular formula is C19H20FN3O2S2. The number of aryl methyl sites for hydroxylation is 1. The zero-order valence-corrected chi connectivity index (χ0v) is 16.3. The Balaban J connectivity index is 1.78. The van der Waals surface area contributed by atoms with Gasteiger partial charge in [-0.15, -0.1) is 11.3 Å². The van der Waals surface area contributed by atoms with Crippen LogP contribution in [-0.2, 0) is 12.8 Å². The number of carbonyl (C=O) groups is 2. The van der Waals surface area contributed by atoms with Crippen LogP contribution in [0.2, 0.25) is 0 Å². The average Bonchev–Trinajstić information content (AvgIpc) is 2.91. The zero-order chi connectivity index (χ0) is 19.4. The van der Waals surface area contributed by atoms with E-state index in [-0.39, 0.29) is 10.7 Å². The van der Waals surface area contributed by atoms with Crippen molar-refractivity contribution in [3.63, 3.8) is 0 Å². The fraction of sp³-hybridized carbons (Fsp3) is 0.316. The van der Waals surface area contributed by atoms with Crippen molar-refractivity contribution in [2.75, 3.05) is 5.32 Å². The number of benzene rings is 1. The number of rotatable bonds is 3. The first kappa shape index (κ1) is 19.4. The summed E-state index contributed by atoms with van der Waals surface area (Å²) in [7, 11) is 0. The summed E-state index contributed by atoms with van der Waals surface area (Å²) in [5.41, 5.74) is 7.23. The van der Waals surface area contributed by atoms with E-state index in [1.165, 1.54) is 36.0 Å². The molecule has 1 aromatic carbocycles. The van der Waals surface area contributed by atoms with Crippen molar-refractivity contribution >= 4 is 45.5 Å². The van der Waals surface area contributed by atoms with Crippen LogP contribution in [0.4, 0.5) is 9.39 Å². The molecule has 27 heavy (non-hydrogen) atoms. The highest BCUT2D eigenvalue weighted by Gasteiger charge is 2.23. The number of thiophene rings is 1. The SMILES string of the molecule is NC(=O)c1c(NC(=S)NC(=O)c2cccc(F)c2)sc2c1CCCCCC2. The first-order valence-corrected chi connectivity index (χ1v) is 10.0. The van der Waals surface area contributed by atoms with Gasteiger partial charge in [0.2, 0.25) is 0 Å². The summed E-state index contributed by atoms with van der Waals surface area (Å²) in [6, 6.07) is 5.33. The van der Waals surface area contributed by atoms with Crippen LogP contribution in [0.5, 0.6) is 0 Å². The zero-order valence-electron chi connectivity index (χ0n) is 14.6. The van der Waals surface area contributed by atoms with E-state index >= 15 is 0 Å². The molecule has 1 aromatic heterocycles. The van der Waals surface area contributed by atoms with Crippen LogP contribution in [0.1, 0.15) is 56.8 Å². The molecule has 0 fully saturated rings. The molecular weight excluding hydrogens is 385 g/mol. The Morgan fingerprint density at radius 1 is 1.15 bits per heavy atom. The van der Waals surface area contributed by atoms with Crippen molar-refractivity contribution in [1.29, 1.82) is 0 Å². The Morgan fingerprint density at radius 3 is 2.59 bits per heavy atom. The van der Waals surface area contributed by atoms with E-state index in [2.05, 4.69) is 10.6 Å². The summed E-state index contributed by atoms with van der Waals surface area (Å²) in [6.45, 7) is 0. The number of thiocarbonyl (C=S) groups is 1. The molecule has 0 saturated heterocycles. The number of hydrogen-bond donors (Lipinski definition) is 3. The summed E-state index contributed by atoms with van der Waals surface area (Å²) in [4.78, 5) is 25.4. The normalized spacial score (nSPS) is 13.8. The van der Waals surface area contributed by atoms with Gasteiger partial charge in [0.05, 0.1) is 5.56 Å². The van der Waals surface area contributed by atoms with Crippen LogP contribution >= 0.6 is 23.6 Å². The average molecular weight is 406 g/mol. The van der Waals surface area contributed by atoms with Gasteiger partial charge >= 0.3 is 0 Å². The fourth-order valence-electron chi connectivity index (χ4n) is 3.21. The highest BCUT2D eigenvalue weighted by atomic mass is 32.1. The number of nitrogens with one attached hydrogen (secondary N) is 2. The van der Waals surface area contributed by atoms with E-state index in [1.807, 2.05) is 0 Å². The van der Waals surface area contributed by atoms with Crippen molar-refractivity contribution in [1.82, 2.24) is 5.32 Å². The Kier molecular flexibility index (Phi) is 6.18. The number of amides is 2. The van der Waals surface area contributed by atoms with Crippen LogP contribution < -0.4 is 16.4 Å². The van der Waals surface area contributed by atoms with Gasteiger partial charge in [0.25, 0.3) is 11.8 Å². The third-order valence-electron chi connectivity index (χ3n) is 4.46.